The molecule has 0 spiro atoms. The van der Waals surface area contributed by atoms with Crippen LogP contribution in [0.1, 0.15) is 37.0 Å². The fourth-order valence-corrected chi connectivity index (χ4v) is 3.06. The van der Waals surface area contributed by atoms with Gasteiger partial charge in [0, 0.05) is 17.1 Å². The molecule has 3 nitrogen and oxygen atoms in total. The summed E-state index contributed by atoms with van der Waals surface area (Å²) < 4.78 is 0.928. The van der Waals surface area contributed by atoms with Crippen LogP contribution in [0.3, 0.4) is 0 Å². The molecule has 1 N–H and O–H groups in total. The quantitative estimate of drug-likeness (QED) is 0.923. The lowest BCUT2D eigenvalue weighted by molar-refractivity contribution is 0.0697. The summed E-state index contributed by atoms with van der Waals surface area (Å²) in [6, 6.07) is 5.83. The number of anilines is 1. The monoisotopic (exact) mass is 311 g/mol. The standard InChI is InChI=1S/C14H18BrNO2/c1-9(2)12-4-3-7-16(12)13-8-10(15)5-6-11(13)14(17)18/h5-6,8-9,12H,3-4,7H2,1-2H3,(H,17,18). The predicted octanol–water partition coefficient (Wildman–Crippen LogP) is 3.77. The first kappa shape index (κ1) is 13.4. The second kappa shape index (κ2) is 5.31. The van der Waals surface area contributed by atoms with E-state index in [9.17, 15) is 9.90 Å². The highest BCUT2D eigenvalue weighted by Crippen LogP contribution is 2.33. The molecule has 1 saturated heterocycles. The molecular formula is C14H18BrNO2. The van der Waals surface area contributed by atoms with Crippen molar-refractivity contribution in [1.82, 2.24) is 0 Å². The molecule has 1 fully saturated rings. The fraction of sp³-hybridized carbons (Fsp3) is 0.500. The summed E-state index contributed by atoms with van der Waals surface area (Å²) in [5, 5.41) is 9.30. The fourth-order valence-electron chi connectivity index (χ4n) is 2.71. The Morgan fingerprint density at radius 2 is 2.22 bits per heavy atom. The van der Waals surface area contributed by atoms with Gasteiger partial charge in [-0.1, -0.05) is 29.8 Å². The second-order valence-corrected chi connectivity index (χ2v) is 6.03. The molecule has 0 amide bonds. The van der Waals surface area contributed by atoms with Crippen LogP contribution >= 0.6 is 15.9 Å². The van der Waals surface area contributed by atoms with Crippen LogP contribution in [0.5, 0.6) is 0 Å². The Labute approximate surface area is 116 Å². The molecule has 1 aromatic carbocycles. The molecule has 0 bridgehead atoms. The second-order valence-electron chi connectivity index (χ2n) is 5.11. The number of benzene rings is 1. The van der Waals surface area contributed by atoms with Gasteiger partial charge >= 0.3 is 5.97 Å². The smallest absolute Gasteiger partial charge is 0.337 e. The summed E-state index contributed by atoms with van der Waals surface area (Å²) in [6.45, 7) is 5.34. The number of hydrogen-bond acceptors (Lipinski definition) is 2. The number of halogens is 1. The summed E-state index contributed by atoms with van der Waals surface area (Å²) in [7, 11) is 0. The first-order chi connectivity index (χ1) is 8.50. The number of hydrogen-bond donors (Lipinski definition) is 1. The summed E-state index contributed by atoms with van der Waals surface area (Å²) >= 11 is 3.43. The van der Waals surface area contributed by atoms with Crippen molar-refractivity contribution in [3.8, 4) is 0 Å². The Balaban J connectivity index is 2.42. The van der Waals surface area contributed by atoms with Crippen LogP contribution in [-0.4, -0.2) is 23.7 Å². The highest BCUT2D eigenvalue weighted by molar-refractivity contribution is 9.10. The van der Waals surface area contributed by atoms with Gasteiger partial charge in [-0.05, 0) is 37.0 Å². The largest absolute Gasteiger partial charge is 0.478 e. The molecule has 0 aliphatic carbocycles. The number of carboxylic acid groups (broad SMARTS) is 1. The highest BCUT2D eigenvalue weighted by Gasteiger charge is 2.29. The maximum absolute atomic E-state index is 11.3. The SMILES string of the molecule is CC(C)C1CCCN1c1cc(Br)ccc1C(=O)O. The molecule has 1 aromatic rings. The Hall–Kier alpha value is -1.03. The van der Waals surface area contributed by atoms with Crippen molar-refractivity contribution in [2.75, 3.05) is 11.4 Å². The van der Waals surface area contributed by atoms with Crippen LogP contribution in [-0.2, 0) is 0 Å². The topological polar surface area (TPSA) is 40.5 Å². The maximum atomic E-state index is 11.3. The first-order valence-electron chi connectivity index (χ1n) is 6.30. The molecule has 1 heterocycles. The van der Waals surface area contributed by atoms with E-state index in [1.165, 1.54) is 0 Å². The van der Waals surface area contributed by atoms with Gasteiger partial charge in [0.25, 0.3) is 0 Å². The van der Waals surface area contributed by atoms with Crippen LogP contribution in [0.25, 0.3) is 0 Å². The van der Waals surface area contributed by atoms with E-state index in [-0.39, 0.29) is 0 Å². The number of rotatable bonds is 3. The van der Waals surface area contributed by atoms with E-state index in [0.717, 1.165) is 29.5 Å². The molecule has 4 heteroatoms. The minimum atomic E-state index is -0.855. The summed E-state index contributed by atoms with van der Waals surface area (Å²) in [5.41, 5.74) is 1.24. The third-order valence-corrected chi connectivity index (χ3v) is 4.06. The predicted molar refractivity (Wildman–Crippen MR) is 76.3 cm³/mol. The van der Waals surface area contributed by atoms with Crippen LogP contribution in [0.2, 0.25) is 0 Å². The summed E-state index contributed by atoms with van der Waals surface area (Å²) in [6.07, 6.45) is 2.28. The molecule has 2 rings (SSSR count). The Morgan fingerprint density at radius 3 is 2.83 bits per heavy atom. The van der Waals surface area contributed by atoms with Crippen LogP contribution in [0.15, 0.2) is 22.7 Å². The van der Waals surface area contributed by atoms with Crippen molar-refractivity contribution in [3.05, 3.63) is 28.2 Å². The highest BCUT2D eigenvalue weighted by atomic mass is 79.9. The Morgan fingerprint density at radius 1 is 1.50 bits per heavy atom. The normalized spacial score (nSPS) is 19.6. The number of nitrogens with zero attached hydrogens (tertiary/aromatic N) is 1. The molecule has 1 atom stereocenters. The summed E-state index contributed by atoms with van der Waals surface area (Å²) in [4.78, 5) is 13.6. The van der Waals surface area contributed by atoms with E-state index in [2.05, 4.69) is 34.7 Å². The van der Waals surface area contributed by atoms with Crippen molar-refractivity contribution in [3.63, 3.8) is 0 Å². The zero-order valence-corrected chi connectivity index (χ0v) is 12.3. The molecule has 0 aromatic heterocycles. The number of carboxylic acids is 1. The number of carbonyl (C=O) groups is 1. The number of aromatic carboxylic acids is 1. The zero-order valence-electron chi connectivity index (χ0n) is 10.7. The molecule has 98 valence electrons. The Bertz CT molecular complexity index is 459. The van der Waals surface area contributed by atoms with Crippen molar-refractivity contribution in [2.45, 2.75) is 32.7 Å². The van der Waals surface area contributed by atoms with E-state index in [1.807, 2.05) is 6.07 Å². The molecule has 1 aliphatic rings. The lowest BCUT2D eigenvalue weighted by Crippen LogP contribution is -2.34. The van der Waals surface area contributed by atoms with Gasteiger partial charge in [0.2, 0.25) is 0 Å². The van der Waals surface area contributed by atoms with E-state index in [0.29, 0.717) is 17.5 Å². The molecule has 0 radical (unpaired) electrons. The van der Waals surface area contributed by atoms with Crippen molar-refractivity contribution in [1.29, 1.82) is 0 Å². The first-order valence-corrected chi connectivity index (χ1v) is 7.09. The van der Waals surface area contributed by atoms with E-state index < -0.39 is 5.97 Å². The molecular weight excluding hydrogens is 294 g/mol. The van der Waals surface area contributed by atoms with E-state index >= 15 is 0 Å². The van der Waals surface area contributed by atoms with Gasteiger partial charge in [-0.15, -0.1) is 0 Å². The van der Waals surface area contributed by atoms with Crippen LogP contribution in [0, 0.1) is 5.92 Å². The van der Waals surface area contributed by atoms with Gasteiger partial charge in [-0.3, -0.25) is 0 Å². The average molecular weight is 312 g/mol. The Kier molecular flexibility index (Phi) is 3.95. The summed E-state index contributed by atoms with van der Waals surface area (Å²) in [5.74, 6) is -0.319. The zero-order chi connectivity index (χ0) is 13.3. The minimum Gasteiger partial charge on any atom is -0.478 e. The van der Waals surface area contributed by atoms with Crippen LogP contribution < -0.4 is 4.90 Å². The van der Waals surface area contributed by atoms with Crippen molar-refractivity contribution in [2.24, 2.45) is 5.92 Å². The lowest BCUT2D eigenvalue weighted by atomic mass is 10.0. The van der Waals surface area contributed by atoms with Gasteiger partial charge in [0.05, 0.1) is 11.3 Å². The van der Waals surface area contributed by atoms with Gasteiger partial charge in [0.1, 0.15) is 0 Å². The molecule has 18 heavy (non-hydrogen) atoms. The average Bonchev–Trinajstić information content (AvgIpc) is 2.77. The van der Waals surface area contributed by atoms with E-state index in [4.69, 9.17) is 0 Å². The maximum Gasteiger partial charge on any atom is 0.337 e. The van der Waals surface area contributed by atoms with Gasteiger partial charge in [-0.2, -0.15) is 0 Å². The lowest BCUT2D eigenvalue weighted by Gasteiger charge is -2.30. The van der Waals surface area contributed by atoms with Gasteiger partial charge < -0.3 is 10.0 Å². The van der Waals surface area contributed by atoms with Crippen molar-refractivity contribution >= 4 is 27.6 Å². The van der Waals surface area contributed by atoms with Gasteiger partial charge in [0.15, 0.2) is 0 Å². The van der Waals surface area contributed by atoms with Crippen molar-refractivity contribution < 1.29 is 9.90 Å². The molecule has 1 unspecified atom stereocenters. The van der Waals surface area contributed by atoms with Crippen LogP contribution in [0.4, 0.5) is 5.69 Å². The van der Waals surface area contributed by atoms with Gasteiger partial charge in [-0.25, -0.2) is 4.79 Å². The minimum absolute atomic E-state index is 0.394. The van der Waals surface area contributed by atoms with E-state index in [1.54, 1.807) is 12.1 Å². The molecule has 1 aliphatic heterocycles. The third-order valence-electron chi connectivity index (χ3n) is 3.57. The third kappa shape index (κ3) is 2.53. The molecule has 0 saturated carbocycles.